The highest BCUT2D eigenvalue weighted by Crippen LogP contribution is 2.35. The highest BCUT2D eigenvalue weighted by atomic mass is 16.5. The van der Waals surface area contributed by atoms with Gasteiger partial charge in [0.15, 0.2) is 0 Å². The summed E-state index contributed by atoms with van der Waals surface area (Å²) in [5.74, 6) is 2.25. The largest absolute Gasteiger partial charge is 0.493 e. The Morgan fingerprint density at radius 1 is 0.913 bits per heavy atom. The number of hydrogen-bond acceptors (Lipinski definition) is 7. The second-order valence-electron chi connectivity index (χ2n) is 13.8. The molecule has 1 aromatic rings. The Hall–Kier alpha value is -2.58. The first kappa shape index (κ1) is 37.9. The Morgan fingerprint density at radius 2 is 1.54 bits per heavy atom. The first-order valence-corrected chi connectivity index (χ1v) is 18.3. The van der Waals surface area contributed by atoms with E-state index in [1.54, 1.807) is 0 Å². The fraction of sp³-hybridized carbons (Fsp3) is 0.737. The number of likely N-dealkylation sites (tertiary alicyclic amines) is 1. The van der Waals surface area contributed by atoms with Crippen molar-refractivity contribution in [3.8, 4) is 11.5 Å². The van der Waals surface area contributed by atoms with Gasteiger partial charge < -0.3 is 29.7 Å². The van der Waals surface area contributed by atoms with Gasteiger partial charge >= 0.3 is 5.97 Å². The summed E-state index contributed by atoms with van der Waals surface area (Å²) < 4.78 is 18.1. The van der Waals surface area contributed by atoms with Gasteiger partial charge in [-0.05, 0) is 114 Å². The zero-order valence-electron chi connectivity index (χ0n) is 29.6. The number of carbonyl (C=O) groups is 2. The lowest BCUT2D eigenvalue weighted by Crippen LogP contribution is -2.42. The van der Waals surface area contributed by atoms with Crippen LogP contribution in [0, 0.1) is 11.8 Å². The van der Waals surface area contributed by atoms with Crippen molar-refractivity contribution in [3.05, 3.63) is 29.8 Å². The highest BCUT2D eigenvalue weighted by Gasteiger charge is 2.28. The van der Waals surface area contributed by atoms with Crippen LogP contribution in [0.3, 0.4) is 0 Å². The highest BCUT2D eigenvalue weighted by molar-refractivity contribution is 5.98. The first-order valence-electron chi connectivity index (χ1n) is 18.3. The molecule has 2 fully saturated rings. The maximum atomic E-state index is 13.8. The van der Waals surface area contributed by atoms with Crippen molar-refractivity contribution in [2.45, 2.75) is 124 Å². The molecule has 3 rings (SSSR count). The number of piperidine rings is 1. The van der Waals surface area contributed by atoms with Gasteiger partial charge in [0.1, 0.15) is 23.6 Å². The van der Waals surface area contributed by atoms with E-state index in [0.29, 0.717) is 36.4 Å². The fourth-order valence-corrected chi connectivity index (χ4v) is 6.25. The lowest BCUT2D eigenvalue weighted by Gasteiger charge is -2.33. The molecule has 1 aliphatic carbocycles. The van der Waals surface area contributed by atoms with E-state index in [1.165, 1.54) is 0 Å². The third-order valence-corrected chi connectivity index (χ3v) is 9.12. The third-order valence-electron chi connectivity index (χ3n) is 9.12. The number of allylic oxidation sites excluding steroid dienone is 1. The van der Waals surface area contributed by atoms with E-state index >= 15 is 0 Å². The second kappa shape index (κ2) is 20.6. The average Bonchev–Trinajstić information content (AvgIpc) is 3.55. The molecule has 1 atom stereocenters. The van der Waals surface area contributed by atoms with Crippen LogP contribution in [0.25, 0.3) is 5.57 Å². The SMILES string of the molecule is C=C(C)c1cc(C(=O)N2CCC(CNCCCNC(CC(C)C)C(=O)OC3CCCC3)CC2)c(OCCCC)cc1OCCCC. The van der Waals surface area contributed by atoms with Crippen molar-refractivity contribution in [2.75, 3.05) is 45.9 Å². The minimum absolute atomic E-state index is 0.0222. The third kappa shape index (κ3) is 12.6. The van der Waals surface area contributed by atoms with Crippen LogP contribution in [0.5, 0.6) is 11.5 Å². The monoisotopic (exact) mass is 641 g/mol. The van der Waals surface area contributed by atoms with Gasteiger partial charge in [-0.3, -0.25) is 9.59 Å². The van der Waals surface area contributed by atoms with Crippen LogP contribution in [0.15, 0.2) is 18.7 Å². The Morgan fingerprint density at radius 3 is 2.13 bits per heavy atom. The predicted octanol–water partition coefficient (Wildman–Crippen LogP) is 7.40. The number of unbranched alkanes of at least 4 members (excludes halogenated alkanes) is 2. The van der Waals surface area contributed by atoms with Gasteiger partial charge in [0.25, 0.3) is 5.91 Å². The number of benzene rings is 1. The molecular weight excluding hydrogens is 578 g/mol. The molecule has 1 aromatic carbocycles. The quantitative estimate of drug-likeness (QED) is 0.107. The van der Waals surface area contributed by atoms with E-state index in [9.17, 15) is 9.59 Å². The molecule has 1 saturated heterocycles. The van der Waals surface area contributed by atoms with Crippen molar-refractivity contribution in [1.82, 2.24) is 15.5 Å². The average molecular weight is 642 g/mol. The van der Waals surface area contributed by atoms with Crippen molar-refractivity contribution in [3.63, 3.8) is 0 Å². The van der Waals surface area contributed by atoms with E-state index in [1.807, 2.05) is 24.0 Å². The van der Waals surface area contributed by atoms with Crippen molar-refractivity contribution in [1.29, 1.82) is 0 Å². The van der Waals surface area contributed by atoms with Crippen LogP contribution >= 0.6 is 0 Å². The molecule has 8 nitrogen and oxygen atoms in total. The van der Waals surface area contributed by atoms with Gasteiger partial charge in [0.2, 0.25) is 0 Å². The molecule has 1 amide bonds. The van der Waals surface area contributed by atoms with Crippen molar-refractivity contribution in [2.24, 2.45) is 11.8 Å². The van der Waals surface area contributed by atoms with Gasteiger partial charge in [-0.2, -0.15) is 0 Å². The molecule has 2 aliphatic rings. The summed E-state index contributed by atoms with van der Waals surface area (Å²) in [6.45, 7) is 20.0. The molecule has 260 valence electrons. The Bertz CT molecular complexity index is 1080. The summed E-state index contributed by atoms with van der Waals surface area (Å²) in [6, 6.07) is 3.60. The van der Waals surface area contributed by atoms with Gasteiger partial charge in [0.05, 0.1) is 18.8 Å². The zero-order valence-corrected chi connectivity index (χ0v) is 29.6. The Kier molecular flexibility index (Phi) is 17.0. The molecule has 0 bridgehead atoms. The van der Waals surface area contributed by atoms with Crippen LogP contribution in [0.4, 0.5) is 0 Å². The standard InChI is InChI=1S/C38H63N3O5/c1-7-9-22-44-35-26-36(45-23-10-8-2)33(25-32(35)29(5)6)37(42)41-20-16-30(17-21-41)27-39-18-13-19-40-34(24-28(3)4)38(43)46-31-14-11-12-15-31/h25-26,28,30-31,34,39-40H,5,7-24,27H2,1-4,6H3. The molecule has 1 unspecified atom stereocenters. The number of carbonyl (C=O) groups excluding carboxylic acids is 2. The minimum Gasteiger partial charge on any atom is -0.493 e. The van der Waals surface area contributed by atoms with Gasteiger partial charge in [-0.25, -0.2) is 0 Å². The van der Waals surface area contributed by atoms with Crippen LogP contribution in [0.2, 0.25) is 0 Å². The summed E-state index contributed by atoms with van der Waals surface area (Å²) in [5, 5.41) is 7.08. The number of nitrogens with zero attached hydrogens (tertiary/aromatic N) is 1. The molecule has 0 spiro atoms. The van der Waals surface area contributed by atoms with E-state index in [0.717, 1.165) is 127 Å². The summed E-state index contributed by atoms with van der Waals surface area (Å²) in [6.07, 6.45) is 12.1. The molecule has 2 N–H and O–H groups in total. The van der Waals surface area contributed by atoms with Gasteiger partial charge in [0, 0.05) is 24.7 Å². The van der Waals surface area contributed by atoms with Gasteiger partial charge in [-0.1, -0.05) is 47.1 Å². The lowest BCUT2D eigenvalue weighted by atomic mass is 9.95. The predicted molar refractivity (Wildman–Crippen MR) is 188 cm³/mol. The van der Waals surface area contributed by atoms with Crippen LogP contribution < -0.4 is 20.1 Å². The van der Waals surface area contributed by atoms with E-state index in [-0.39, 0.29) is 24.0 Å². The molecule has 0 aromatic heterocycles. The summed E-state index contributed by atoms with van der Waals surface area (Å²) in [5.41, 5.74) is 2.35. The molecule has 8 heteroatoms. The first-order chi connectivity index (χ1) is 22.2. The fourth-order valence-electron chi connectivity index (χ4n) is 6.25. The number of amides is 1. The normalized spacial score (nSPS) is 16.5. The molecule has 1 saturated carbocycles. The van der Waals surface area contributed by atoms with E-state index in [4.69, 9.17) is 14.2 Å². The maximum absolute atomic E-state index is 13.8. The van der Waals surface area contributed by atoms with E-state index < -0.39 is 0 Å². The smallest absolute Gasteiger partial charge is 0.323 e. The maximum Gasteiger partial charge on any atom is 0.323 e. The number of hydrogen-bond donors (Lipinski definition) is 2. The van der Waals surface area contributed by atoms with Gasteiger partial charge in [-0.15, -0.1) is 0 Å². The Balaban J connectivity index is 1.46. The molecule has 46 heavy (non-hydrogen) atoms. The van der Waals surface area contributed by atoms with Crippen LogP contribution in [-0.2, 0) is 9.53 Å². The summed E-state index contributed by atoms with van der Waals surface area (Å²) in [4.78, 5) is 28.6. The molecular formula is C38H63N3O5. The summed E-state index contributed by atoms with van der Waals surface area (Å²) in [7, 11) is 0. The lowest BCUT2D eigenvalue weighted by molar-refractivity contribution is -0.151. The number of ether oxygens (including phenoxy) is 3. The van der Waals surface area contributed by atoms with Crippen molar-refractivity contribution >= 4 is 17.4 Å². The zero-order chi connectivity index (χ0) is 33.3. The minimum atomic E-state index is -0.226. The van der Waals surface area contributed by atoms with Crippen molar-refractivity contribution < 1.29 is 23.8 Å². The van der Waals surface area contributed by atoms with Crippen LogP contribution in [-0.4, -0.2) is 74.9 Å². The van der Waals surface area contributed by atoms with E-state index in [2.05, 4.69) is 44.9 Å². The topological polar surface area (TPSA) is 89.1 Å². The number of nitrogens with one attached hydrogen (secondary N) is 2. The molecule has 1 heterocycles. The number of rotatable bonds is 21. The molecule has 0 radical (unpaired) electrons. The molecule has 1 aliphatic heterocycles. The number of esters is 1. The summed E-state index contributed by atoms with van der Waals surface area (Å²) >= 11 is 0. The second-order valence-corrected chi connectivity index (χ2v) is 13.8. The van der Waals surface area contributed by atoms with Crippen LogP contribution in [0.1, 0.15) is 128 Å². The Labute approximate surface area is 279 Å².